The lowest BCUT2D eigenvalue weighted by Crippen LogP contribution is -2.30. The monoisotopic (exact) mass is 298 g/mol. The highest BCUT2D eigenvalue weighted by Crippen LogP contribution is 2.36. The van der Waals surface area contributed by atoms with Crippen LogP contribution in [0.15, 0.2) is 46.3 Å². The standard InChI is InChI=1S/C16H14N2O2S/c19-16(14-8-4-10-21-14)18-9-3-6-12(18)15-11-5-1-2-7-13(11)20-17-15/h1-2,4-5,7-8,10,12H,3,6,9H2/t12-/m1/s1. The van der Waals surface area contributed by atoms with Gasteiger partial charge in [-0.25, -0.2) is 0 Å². The number of carbonyl (C=O) groups is 1. The fourth-order valence-corrected chi connectivity index (χ4v) is 3.66. The predicted octanol–water partition coefficient (Wildman–Crippen LogP) is 3.87. The number of nitrogens with zero attached hydrogens (tertiary/aromatic N) is 2. The molecule has 106 valence electrons. The predicted molar refractivity (Wildman–Crippen MR) is 81.3 cm³/mol. The van der Waals surface area contributed by atoms with Crippen molar-refractivity contribution in [2.45, 2.75) is 18.9 Å². The number of fused-ring (bicyclic) bond motifs is 1. The molecule has 0 radical (unpaired) electrons. The van der Waals surface area contributed by atoms with Crippen LogP contribution in [0.3, 0.4) is 0 Å². The molecule has 4 nitrogen and oxygen atoms in total. The number of likely N-dealkylation sites (tertiary alicyclic amines) is 1. The Morgan fingerprint density at radius 2 is 2.19 bits per heavy atom. The molecule has 0 unspecified atom stereocenters. The van der Waals surface area contributed by atoms with E-state index in [4.69, 9.17) is 4.52 Å². The second-order valence-electron chi connectivity index (χ2n) is 5.20. The summed E-state index contributed by atoms with van der Waals surface area (Å²) in [5.41, 5.74) is 1.66. The highest BCUT2D eigenvalue weighted by atomic mass is 32.1. The van der Waals surface area contributed by atoms with Crippen molar-refractivity contribution >= 4 is 28.2 Å². The maximum atomic E-state index is 12.6. The molecular formula is C16H14N2O2S. The average Bonchev–Trinajstić information content (AvgIpc) is 3.25. The number of para-hydroxylation sites is 1. The molecule has 1 saturated heterocycles. The number of thiophene rings is 1. The van der Waals surface area contributed by atoms with Crippen LogP contribution in [0.25, 0.3) is 11.0 Å². The summed E-state index contributed by atoms with van der Waals surface area (Å²) in [6, 6.07) is 11.6. The smallest absolute Gasteiger partial charge is 0.264 e. The van der Waals surface area contributed by atoms with Gasteiger partial charge in [-0.3, -0.25) is 4.79 Å². The highest BCUT2D eigenvalue weighted by Gasteiger charge is 2.34. The first-order valence-electron chi connectivity index (χ1n) is 7.03. The summed E-state index contributed by atoms with van der Waals surface area (Å²) in [6.45, 7) is 0.780. The third-order valence-corrected chi connectivity index (χ3v) is 4.82. The topological polar surface area (TPSA) is 46.3 Å². The van der Waals surface area contributed by atoms with Crippen LogP contribution in [-0.4, -0.2) is 22.5 Å². The van der Waals surface area contributed by atoms with Crippen molar-refractivity contribution in [2.75, 3.05) is 6.54 Å². The summed E-state index contributed by atoms with van der Waals surface area (Å²) in [5.74, 6) is 0.0968. The van der Waals surface area contributed by atoms with Crippen LogP contribution in [0.5, 0.6) is 0 Å². The van der Waals surface area contributed by atoms with Crippen LogP contribution in [0.2, 0.25) is 0 Å². The molecule has 1 fully saturated rings. The van der Waals surface area contributed by atoms with E-state index in [0.717, 1.165) is 40.9 Å². The zero-order chi connectivity index (χ0) is 14.2. The molecule has 1 atom stereocenters. The van der Waals surface area contributed by atoms with Gasteiger partial charge in [0.05, 0.1) is 10.9 Å². The maximum Gasteiger partial charge on any atom is 0.264 e. The highest BCUT2D eigenvalue weighted by molar-refractivity contribution is 7.12. The van der Waals surface area contributed by atoms with E-state index in [0.29, 0.717) is 0 Å². The zero-order valence-electron chi connectivity index (χ0n) is 11.4. The summed E-state index contributed by atoms with van der Waals surface area (Å²) >= 11 is 1.49. The van der Waals surface area contributed by atoms with Crippen molar-refractivity contribution in [3.8, 4) is 0 Å². The van der Waals surface area contributed by atoms with Gasteiger partial charge in [-0.05, 0) is 36.4 Å². The van der Waals surface area contributed by atoms with Gasteiger partial charge in [0.2, 0.25) is 0 Å². The van der Waals surface area contributed by atoms with Gasteiger partial charge in [-0.1, -0.05) is 23.4 Å². The molecule has 1 aliphatic rings. The number of benzene rings is 1. The van der Waals surface area contributed by atoms with Crippen molar-refractivity contribution in [1.29, 1.82) is 0 Å². The van der Waals surface area contributed by atoms with E-state index in [1.807, 2.05) is 46.7 Å². The van der Waals surface area contributed by atoms with Crippen molar-refractivity contribution < 1.29 is 9.32 Å². The van der Waals surface area contributed by atoms with Crippen LogP contribution in [0.1, 0.15) is 34.2 Å². The first-order valence-corrected chi connectivity index (χ1v) is 7.91. The minimum atomic E-state index is 0.0169. The van der Waals surface area contributed by atoms with E-state index in [1.54, 1.807) is 0 Å². The number of amides is 1. The van der Waals surface area contributed by atoms with Gasteiger partial charge in [0.25, 0.3) is 5.91 Å². The van der Waals surface area contributed by atoms with E-state index in [1.165, 1.54) is 11.3 Å². The Morgan fingerprint density at radius 3 is 3.05 bits per heavy atom. The number of hydrogen-bond acceptors (Lipinski definition) is 4. The van der Waals surface area contributed by atoms with E-state index in [-0.39, 0.29) is 11.9 Å². The SMILES string of the molecule is O=C(c1cccs1)N1CCC[C@@H]1c1noc2ccccc12. The molecule has 3 heterocycles. The molecule has 21 heavy (non-hydrogen) atoms. The maximum absolute atomic E-state index is 12.6. The van der Waals surface area contributed by atoms with Gasteiger partial charge in [-0.2, -0.15) is 0 Å². The third kappa shape index (κ3) is 2.05. The number of aromatic nitrogens is 1. The summed E-state index contributed by atoms with van der Waals surface area (Å²) in [4.78, 5) is 15.3. The molecule has 1 aromatic carbocycles. The Bertz CT molecular complexity index is 779. The molecular weight excluding hydrogens is 284 g/mol. The second kappa shape index (κ2) is 5.00. The molecule has 0 N–H and O–H groups in total. The van der Waals surface area contributed by atoms with Gasteiger partial charge in [0, 0.05) is 11.9 Å². The first-order chi connectivity index (χ1) is 10.3. The summed E-state index contributed by atoms with van der Waals surface area (Å²) in [7, 11) is 0. The van der Waals surface area contributed by atoms with Gasteiger partial charge < -0.3 is 9.42 Å². The fraction of sp³-hybridized carbons (Fsp3) is 0.250. The lowest BCUT2D eigenvalue weighted by atomic mass is 10.1. The summed E-state index contributed by atoms with van der Waals surface area (Å²) < 4.78 is 5.39. The average molecular weight is 298 g/mol. The lowest BCUT2D eigenvalue weighted by molar-refractivity contribution is 0.0736. The number of hydrogen-bond donors (Lipinski definition) is 0. The lowest BCUT2D eigenvalue weighted by Gasteiger charge is -2.22. The number of rotatable bonds is 2. The Kier molecular flexibility index (Phi) is 3.00. The minimum absolute atomic E-state index is 0.0169. The van der Waals surface area contributed by atoms with Gasteiger partial charge in [-0.15, -0.1) is 11.3 Å². The van der Waals surface area contributed by atoms with Crippen molar-refractivity contribution in [3.05, 3.63) is 52.3 Å². The minimum Gasteiger partial charge on any atom is -0.356 e. The van der Waals surface area contributed by atoms with E-state index < -0.39 is 0 Å². The quantitative estimate of drug-likeness (QED) is 0.721. The molecule has 0 aliphatic carbocycles. The Hall–Kier alpha value is -2.14. The van der Waals surface area contributed by atoms with Gasteiger partial charge in [0.1, 0.15) is 5.69 Å². The third-order valence-electron chi connectivity index (χ3n) is 3.97. The molecule has 1 aliphatic heterocycles. The van der Waals surface area contributed by atoms with Crippen LogP contribution in [0, 0.1) is 0 Å². The Balaban J connectivity index is 1.72. The van der Waals surface area contributed by atoms with Crippen molar-refractivity contribution in [2.24, 2.45) is 0 Å². The molecule has 1 amide bonds. The Morgan fingerprint density at radius 1 is 1.29 bits per heavy atom. The van der Waals surface area contributed by atoms with Crippen LogP contribution in [0.4, 0.5) is 0 Å². The molecule has 0 bridgehead atoms. The molecule has 0 spiro atoms. The number of carbonyl (C=O) groups excluding carboxylic acids is 1. The largest absolute Gasteiger partial charge is 0.356 e. The van der Waals surface area contributed by atoms with Crippen LogP contribution >= 0.6 is 11.3 Å². The molecule has 3 aromatic rings. The normalized spacial score (nSPS) is 18.5. The van der Waals surface area contributed by atoms with Gasteiger partial charge in [0.15, 0.2) is 5.58 Å². The van der Waals surface area contributed by atoms with E-state index >= 15 is 0 Å². The summed E-state index contributed by atoms with van der Waals surface area (Å²) in [5, 5.41) is 7.17. The van der Waals surface area contributed by atoms with Crippen molar-refractivity contribution in [3.63, 3.8) is 0 Å². The Labute approximate surface area is 126 Å². The molecule has 2 aromatic heterocycles. The van der Waals surface area contributed by atoms with E-state index in [2.05, 4.69) is 5.16 Å². The zero-order valence-corrected chi connectivity index (χ0v) is 12.2. The molecule has 5 heteroatoms. The molecule has 0 saturated carbocycles. The van der Waals surface area contributed by atoms with E-state index in [9.17, 15) is 4.79 Å². The van der Waals surface area contributed by atoms with Crippen LogP contribution in [-0.2, 0) is 0 Å². The fourth-order valence-electron chi connectivity index (χ4n) is 2.98. The van der Waals surface area contributed by atoms with Gasteiger partial charge >= 0.3 is 0 Å². The van der Waals surface area contributed by atoms with Crippen LogP contribution < -0.4 is 0 Å². The first kappa shape index (κ1) is 12.6. The summed E-state index contributed by atoms with van der Waals surface area (Å²) in [6.07, 6.45) is 1.94. The second-order valence-corrected chi connectivity index (χ2v) is 6.15. The van der Waals surface area contributed by atoms with Crippen molar-refractivity contribution in [1.82, 2.24) is 10.1 Å². The molecule has 4 rings (SSSR count).